The van der Waals surface area contributed by atoms with E-state index in [-0.39, 0.29) is 30.1 Å². The summed E-state index contributed by atoms with van der Waals surface area (Å²) in [4.78, 5) is 30.0. The molecule has 2 amide bonds. The zero-order valence-corrected chi connectivity index (χ0v) is 22.2. The number of piperazine rings is 1. The number of amides is 2. The Morgan fingerprint density at radius 1 is 0.846 bits per heavy atom. The van der Waals surface area contributed by atoms with Crippen LogP contribution >= 0.6 is 0 Å². The third kappa shape index (κ3) is 5.84. The van der Waals surface area contributed by atoms with Gasteiger partial charge < -0.3 is 15.0 Å². The van der Waals surface area contributed by atoms with Crippen molar-refractivity contribution < 1.29 is 14.3 Å². The van der Waals surface area contributed by atoms with E-state index in [9.17, 15) is 9.59 Å². The van der Waals surface area contributed by atoms with Crippen molar-refractivity contribution in [1.82, 2.24) is 20.4 Å². The van der Waals surface area contributed by atoms with Crippen molar-refractivity contribution in [3.8, 4) is 16.9 Å². The van der Waals surface area contributed by atoms with Gasteiger partial charge in [0.1, 0.15) is 18.6 Å². The average Bonchev–Trinajstić information content (AvgIpc) is 3.00. The van der Waals surface area contributed by atoms with E-state index in [1.807, 2.05) is 65.6 Å². The monoisotopic (exact) mass is 524 g/mol. The van der Waals surface area contributed by atoms with Crippen molar-refractivity contribution >= 4 is 11.8 Å². The second-order valence-corrected chi connectivity index (χ2v) is 10.8. The Bertz CT molecular complexity index is 1290. The van der Waals surface area contributed by atoms with E-state index in [4.69, 9.17) is 4.74 Å². The van der Waals surface area contributed by atoms with Crippen molar-refractivity contribution in [2.45, 2.75) is 44.6 Å². The Hall–Kier alpha value is -3.68. The number of carbonyl (C=O) groups excluding carboxylic acids is 2. The quantitative estimate of drug-likeness (QED) is 0.504. The van der Waals surface area contributed by atoms with E-state index >= 15 is 0 Å². The molecule has 202 valence electrons. The van der Waals surface area contributed by atoms with Crippen LogP contribution in [-0.4, -0.2) is 60.1 Å². The summed E-state index contributed by atoms with van der Waals surface area (Å²) < 4.78 is 5.99. The van der Waals surface area contributed by atoms with Crippen LogP contribution in [0.25, 0.3) is 11.1 Å². The summed E-state index contributed by atoms with van der Waals surface area (Å²) in [5.74, 6) is 1.15. The first-order valence-electron chi connectivity index (χ1n) is 14.1. The highest BCUT2D eigenvalue weighted by Gasteiger charge is 2.40. The topological polar surface area (TPSA) is 73.9 Å². The lowest BCUT2D eigenvalue weighted by molar-refractivity contribution is -0.134. The van der Waals surface area contributed by atoms with E-state index in [0.717, 1.165) is 54.8 Å². The molecule has 2 N–H and O–H groups in total. The molecule has 3 aliphatic rings. The van der Waals surface area contributed by atoms with Gasteiger partial charge in [-0.3, -0.25) is 19.8 Å². The van der Waals surface area contributed by atoms with Crippen LogP contribution in [0.4, 0.5) is 0 Å². The molecule has 7 nitrogen and oxygen atoms in total. The van der Waals surface area contributed by atoms with Crippen molar-refractivity contribution in [2.24, 2.45) is 5.92 Å². The number of nitrogens with zero attached hydrogens (tertiary/aromatic N) is 2. The van der Waals surface area contributed by atoms with Crippen LogP contribution in [0.3, 0.4) is 0 Å². The molecule has 39 heavy (non-hydrogen) atoms. The molecule has 3 aromatic carbocycles. The zero-order chi connectivity index (χ0) is 26.6. The maximum absolute atomic E-state index is 13.2. The smallest absolute Gasteiger partial charge is 0.253 e. The molecular formula is C32H36N4O3. The number of fused-ring (bicyclic) bond motifs is 1. The Kier molecular flexibility index (Phi) is 7.61. The summed E-state index contributed by atoms with van der Waals surface area (Å²) in [6.45, 7) is 3.27. The minimum atomic E-state index is -0.138. The summed E-state index contributed by atoms with van der Waals surface area (Å²) in [6.07, 6.45) is 4.22. The first-order chi connectivity index (χ1) is 19.1. The van der Waals surface area contributed by atoms with E-state index in [0.29, 0.717) is 25.3 Å². The summed E-state index contributed by atoms with van der Waals surface area (Å²) in [6, 6.07) is 26.3. The molecule has 3 fully saturated rings. The molecule has 6 rings (SSSR count). The third-order valence-corrected chi connectivity index (χ3v) is 8.27. The maximum atomic E-state index is 13.2. The molecule has 3 atom stereocenters. The van der Waals surface area contributed by atoms with Crippen LogP contribution in [0.15, 0.2) is 78.9 Å². The Morgan fingerprint density at radius 2 is 1.62 bits per heavy atom. The van der Waals surface area contributed by atoms with Crippen LogP contribution in [0.2, 0.25) is 0 Å². The largest absolute Gasteiger partial charge is 0.489 e. The first-order valence-corrected chi connectivity index (χ1v) is 14.1. The summed E-state index contributed by atoms with van der Waals surface area (Å²) in [5, 5.41) is 6.82. The minimum Gasteiger partial charge on any atom is -0.489 e. The molecule has 0 spiro atoms. The van der Waals surface area contributed by atoms with E-state index in [2.05, 4.69) is 33.7 Å². The van der Waals surface area contributed by atoms with Crippen molar-refractivity contribution in [2.75, 3.05) is 26.2 Å². The first kappa shape index (κ1) is 25.6. The van der Waals surface area contributed by atoms with Gasteiger partial charge in [-0.2, -0.15) is 0 Å². The molecule has 1 saturated carbocycles. The Labute approximate surface area is 230 Å². The fourth-order valence-electron chi connectivity index (χ4n) is 6.00. The van der Waals surface area contributed by atoms with Gasteiger partial charge in [-0.25, -0.2) is 0 Å². The fourth-order valence-corrected chi connectivity index (χ4v) is 6.00. The molecule has 1 aliphatic carbocycles. The highest BCUT2D eigenvalue weighted by atomic mass is 16.5. The van der Waals surface area contributed by atoms with Crippen LogP contribution in [-0.2, 0) is 11.4 Å². The SMILES string of the molecule is O=C1NC(N2CCN(C(=O)c3ccc(-c4cccc(OCc5ccccc5)c4)cc3)CC2)NC2CCCCC12. The van der Waals surface area contributed by atoms with E-state index in [1.165, 1.54) is 6.42 Å². The number of benzene rings is 3. The average molecular weight is 525 g/mol. The van der Waals surface area contributed by atoms with Gasteiger partial charge in [-0.15, -0.1) is 0 Å². The highest BCUT2D eigenvalue weighted by Crippen LogP contribution is 2.28. The summed E-state index contributed by atoms with van der Waals surface area (Å²) in [5.41, 5.74) is 3.92. The van der Waals surface area contributed by atoms with Gasteiger partial charge >= 0.3 is 0 Å². The van der Waals surface area contributed by atoms with Gasteiger partial charge in [0.25, 0.3) is 5.91 Å². The van der Waals surface area contributed by atoms with Crippen LogP contribution in [0.1, 0.15) is 41.6 Å². The predicted octanol–water partition coefficient (Wildman–Crippen LogP) is 4.25. The molecule has 0 aromatic heterocycles. The second-order valence-electron chi connectivity index (χ2n) is 10.8. The number of hydrogen-bond acceptors (Lipinski definition) is 5. The van der Waals surface area contributed by atoms with Gasteiger partial charge in [0.2, 0.25) is 5.91 Å². The van der Waals surface area contributed by atoms with Gasteiger partial charge in [0, 0.05) is 37.8 Å². The van der Waals surface area contributed by atoms with Gasteiger partial charge in [-0.05, 0) is 53.8 Å². The normalized spacial score (nSPS) is 23.5. The van der Waals surface area contributed by atoms with Gasteiger partial charge in [-0.1, -0.05) is 67.4 Å². The van der Waals surface area contributed by atoms with E-state index in [1.54, 1.807) is 0 Å². The molecule has 3 unspecified atom stereocenters. The number of hydrogen-bond donors (Lipinski definition) is 2. The molecule has 0 radical (unpaired) electrons. The van der Waals surface area contributed by atoms with E-state index < -0.39 is 0 Å². The van der Waals surface area contributed by atoms with Gasteiger partial charge in [0.05, 0.1) is 5.92 Å². The molecule has 2 aliphatic heterocycles. The van der Waals surface area contributed by atoms with Crippen LogP contribution in [0, 0.1) is 5.92 Å². The van der Waals surface area contributed by atoms with Crippen LogP contribution in [0.5, 0.6) is 5.75 Å². The molecule has 2 saturated heterocycles. The molecule has 3 aromatic rings. The number of ether oxygens (including phenoxy) is 1. The van der Waals surface area contributed by atoms with Crippen molar-refractivity contribution in [1.29, 1.82) is 0 Å². The lowest BCUT2D eigenvalue weighted by Crippen LogP contribution is -2.69. The number of carbonyl (C=O) groups is 2. The van der Waals surface area contributed by atoms with Crippen molar-refractivity contribution in [3.05, 3.63) is 90.0 Å². The third-order valence-electron chi connectivity index (χ3n) is 8.27. The maximum Gasteiger partial charge on any atom is 0.253 e. The molecule has 2 heterocycles. The summed E-state index contributed by atoms with van der Waals surface area (Å²) >= 11 is 0. The van der Waals surface area contributed by atoms with Gasteiger partial charge in [0.15, 0.2) is 0 Å². The number of nitrogens with one attached hydrogen (secondary N) is 2. The minimum absolute atomic E-state index is 0.0501. The fraction of sp³-hybridized carbons (Fsp3) is 0.375. The lowest BCUT2D eigenvalue weighted by Gasteiger charge is -2.46. The summed E-state index contributed by atoms with van der Waals surface area (Å²) in [7, 11) is 0. The van der Waals surface area contributed by atoms with Crippen molar-refractivity contribution in [3.63, 3.8) is 0 Å². The second kappa shape index (κ2) is 11.6. The molecule has 0 bridgehead atoms. The standard InChI is InChI=1S/C32H36N4O3/c37-30-28-11-4-5-12-29(28)33-32(34-30)36-19-17-35(18-20-36)31(38)25-15-13-24(14-16-25)26-9-6-10-27(21-26)39-22-23-7-2-1-3-8-23/h1-3,6-10,13-16,21,28-29,32-33H,4-5,11-12,17-20,22H2,(H,34,37). The highest BCUT2D eigenvalue weighted by molar-refractivity contribution is 5.94. The lowest BCUT2D eigenvalue weighted by atomic mass is 9.82. The zero-order valence-electron chi connectivity index (χ0n) is 22.2. The Morgan fingerprint density at radius 3 is 2.41 bits per heavy atom. The molecular weight excluding hydrogens is 488 g/mol. The number of rotatable bonds is 6. The molecule has 7 heteroatoms. The van der Waals surface area contributed by atoms with Crippen LogP contribution < -0.4 is 15.4 Å². The Balaban J connectivity index is 1.03. The predicted molar refractivity (Wildman–Crippen MR) is 151 cm³/mol.